The molecule has 1 heterocycles. The highest BCUT2D eigenvalue weighted by Gasteiger charge is 2.65. The van der Waals surface area contributed by atoms with Crippen molar-refractivity contribution in [3.05, 3.63) is 39.9 Å². The second-order valence-corrected chi connectivity index (χ2v) is 11.5. The summed E-state index contributed by atoms with van der Waals surface area (Å²) >= 11 is 0. The number of carbonyl (C=O) groups is 4. The van der Waals surface area contributed by atoms with Crippen molar-refractivity contribution in [2.45, 2.75) is 43.7 Å². The van der Waals surface area contributed by atoms with Crippen LogP contribution in [0.1, 0.15) is 43.2 Å². The number of fused-ring (bicyclic) bond motifs is 3. The fourth-order valence-corrected chi connectivity index (χ4v) is 7.06. The van der Waals surface area contributed by atoms with Gasteiger partial charge in [-0.1, -0.05) is 6.92 Å². The van der Waals surface area contributed by atoms with Gasteiger partial charge in [0.25, 0.3) is 5.91 Å². The minimum Gasteiger partial charge on any atom is -0.508 e. The van der Waals surface area contributed by atoms with E-state index in [1.54, 1.807) is 6.92 Å². The number of aliphatic hydroxyl groups is 3. The number of primary amides is 1. The number of Topliss-reactive ketones (excluding diaryl/α,β-unsaturated/α-hetero) is 2. The number of likely N-dealkylation sites (N-methyl/N-ethyl adjacent to an activating group) is 1. The topological polar surface area (TPSA) is 194 Å². The van der Waals surface area contributed by atoms with E-state index in [1.807, 2.05) is 4.90 Å². The number of halogens is 1. The molecule has 2 fully saturated rings. The van der Waals surface area contributed by atoms with Gasteiger partial charge in [0.2, 0.25) is 11.7 Å². The van der Waals surface area contributed by atoms with Crippen molar-refractivity contribution in [2.75, 3.05) is 39.0 Å². The molecule has 1 aliphatic heterocycles. The maximum Gasteiger partial charge on any atom is 0.255 e. The number of phenolic OH excluding ortho intramolecular Hbond substituents is 1. The molecule has 1 saturated heterocycles. The number of ketones is 2. The highest BCUT2D eigenvalue weighted by molar-refractivity contribution is 6.24. The molecular weight excluding hydrogens is 539 g/mol. The highest BCUT2D eigenvalue weighted by atomic mass is 19.1. The lowest BCUT2D eigenvalue weighted by molar-refractivity contribution is -0.154. The number of rotatable bonds is 5. The summed E-state index contributed by atoms with van der Waals surface area (Å²) in [5, 5.41) is 47.6. The van der Waals surface area contributed by atoms with Gasteiger partial charge in [-0.3, -0.25) is 29.0 Å². The van der Waals surface area contributed by atoms with Crippen molar-refractivity contribution in [1.82, 2.24) is 9.80 Å². The molecule has 13 heteroatoms. The van der Waals surface area contributed by atoms with Crippen LogP contribution in [0.5, 0.6) is 5.75 Å². The molecule has 41 heavy (non-hydrogen) atoms. The summed E-state index contributed by atoms with van der Waals surface area (Å²) in [6.45, 7) is 3.06. The molecule has 5 atom stereocenters. The molecule has 12 nitrogen and oxygen atoms in total. The number of hydrogen-bond acceptors (Lipinski definition) is 10. The molecule has 0 bridgehead atoms. The van der Waals surface area contributed by atoms with Gasteiger partial charge in [0, 0.05) is 23.1 Å². The van der Waals surface area contributed by atoms with Crippen LogP contribution in [0.3, 0.4) is 0 Å². The Labute approximate surface area is 234 Å². The third-order valence-corrected chi connectivity index (χ3v) is 8.98. The number of phenols is 1. The van der Waals surface area contributed by atoms with E-state index in [1.165, 1.54) is 19.0 Å². The molecular formula is C28H33FN4O8. The summed E-state index contributed by atoms with van der Waals surface area (Å²) in [5.74, 6) is -10.5. The molecule has 0 radical (unpaired) electrons. The van der Waals surface area contributed by atoms with Crippen LogP contribution in [-0.2, 0) is 19.2 Å². The summed E-state index contributed by atoms with van der Waals surface area (Å²) in [5.41, 5.74) is 0.366. The summed E-state index contributed by atoms with van der Waals surface area (Å²) in [6.07, 6.45) is 1.73. The van der Waals surface area contributed by atoms with E-state index in [0.717, 1.165) is 32.0 Å². The van der Waals surface area contributed by atoms with Crippen LogP contribution in [0.15, 0.2) is 23.0 Å². The zero-order valence-electron chi connectivity index (χ0n) is 22.9. The van der Waals surface area contributed by atoms with Gasteiger partial charge in [0.15, 0.2) is 17.1 Å². The molecule has 0 aromatic heterocycles. The van der Waals surface area contributed by atoms with Crippen LogP contribution >= 0.6 is 0 Å². The zero-order valence-corrected chi connectivity index (χ0v) is 22.9. The van der Waals surface area contributed by atoms with Gasteiger partial charge in [0.05, 0.1) is 23.8 Å². The first-order chi connectivity index (χ1) is 19.2. The van der Waals surface area contributed by atoms with Gasteiger partial charge in [-0.2, -0.15) is 0 Å². The normalized spacial score (nSPS) is 29.9. The Hall–Kier alpha value is -3.81. The molecule has 0 unspecified atom stereocenters. The van der Waals surface area contributed by atoms with Crippen molar-refractivity contribution < 1.29 is 44.0 Å². The fourth-order valence-electron chi connectivity index (χ4n) is 7.06. The van der Waals surface area contributed by atoms with Crippen molar-refractivity contribution in [2.24, 2.45) is 17.6 Å². The van der Waals surface area contributed by atoms with E-state index in [9.17, 15) is 39.6 Å². The Morgan fingerprint density at radius 2 is 1.83 bits per heavy atom. The Morgan fingerprint density at radius 1 is 1.20 bits per heavy atom. The summed E-state index contributed by atoms with van der Waals surface area (Å²) in [6, 6.07) is -0.294. The van der Waals surface area contributed by atoms with Gasteiger partial charge >= 0.3 is 0 Å². The third kappa shape index (κ3) is 4.13. The van der Waals surface area contributed by atoms with Crippen molar-refractivity contribution in [3.63, 3.8) is 0 Å². The number of likely N-dealkylation sites (tertiary alicyclic amines) is 1. The average Bonchev–Trinajstić information content (AvgIpc) is 3.39. The molecule has 4 aliphatic rings. The number of aliphatic hydroxyl groups excluding tert-OH is 2. The number of benzene rings is 1. The van der Waals surface area contributed by atoms with Gasteiger partial charge < -0.3 is 31.5 Å². The predicted molar refractivity (Wildman–Crippen MR) is 143 cm³/mol. The summed E-state index contributed by atoms with van der Waals surface area (Å²) < 4.78 is 15.6. The van der Waals surface area contributed by atoms with Gasteiger partial charge in [0.1, 0.15) is 22.9 Å². The number of aromatic hydroxyl groups is 1. The Morgan fingerprint density at radius 3 is 2.41 bits per heavy atom. The van der Waals surface area contributed by atoms with Crippen molar-refractivity contribution in [1.29, 1.82) is 0 Å². The SMILES string of the molecule is C[C@H]1c2c(F)cc(NC(=O)CN3CCCC3)c(O)c2C(O)=C2C(=O)[C@]3(O)C(O)=C(C(N)=O)C(=O)[C@@H](N(C)C)[C@@H]3C[C@@H]21. The van der Waals surface area contributed by atoms with Crippen LogP contribution < -0.4 is 11.1 Å². The van der Waals surface area contributed by atoms with Crippen LogP contribution in [-0.4, -0.2) is 99.0 Å². The number of nitrogens with one attached hydrogen (secondary N) is 1. The Kier molecular flexibility index (Phi) is 6.95. The van der Waals surface area contributed by atoms with Gasteiger partial charge in [-0.05, 0) is 58.3 Å². The molecule has 2 amide bonds. The molecule has 1 saturated carbocycles. The lowest BCUT2D eigenvalue weighted by atomic mass is 9.55. The first-order valence-electron chi connectivity index (χ1n) is 13.4. The number of hydrogen-bond donors (Lipinski definition) is 6. The number of amides is 2. The smallest absolute Gasteiger partial charge is 0.255 e. The summed E-state index contributed by atoms with van der Waals surface area (Å²) in [4.78, 5) is 55.2. The molecule has 1 aromatic carbocycles. The molecule has 3 aliphatic carbocycles. The van der Waals surface area contributed by atoms with Crippen LogP contribution in [0.25, 0.3) is 5.76 Å². The molecule has 7 N–H and O–H groups in total. The second kappa shape index (κ2) is 9.93. The van der Waals surface area contributed by atoms with E-state index >= 15 is 4.39 Å². The van der Waals surface area contributed by atoms with E-state index < -0.39 is 92.6 Å². The maximum atomic E-state index is 15.6. The van der Waals surface area contributed by atoms with Crippen LogP contribution in [0, 0.1) is 17.7 Å². The van der Waals surface area contributed by atoms with Crippen LogP contribution in [0.4, 0.5) is 10.1 Å². The monoisotopic (exact) mass is 572 g/mol. The number of nitrogens with two attached hydrogens (primary N) is 1. The molecule has 5 rings (SSSR count). The Bertz CT molecular complexity index is 1450. The lowest BCUT2D eigenvalue weighted by Crippen LogP contribution is -2.66. The van der Waals surface area contributed by atoms with Gasteiger partial charge in [-0.25, -0.2) is 4.39 Å². The minimum atomic E-state index is -2.81. The number of anilines is 1. The van der Waals surface area contributed by atoms with Crippen molar-refractivity contribution >= 4 is 34.8 Å². The predicted octanol–water partition coefficient (Wildman–Crippen LogP) is 0.698. The summed E-state index contributed by atoms with van der Waals surface area (Å²) in [7, 11) is 2.99. The average molecular weight is 573 g/mol. The number of carbonyl (C=O) groups excluding carboxylic acids is 4. The molecule has 0 spiro atoms. The van der Waals surface area contributed by atoms with Gasteiger partial charge in [-0.15, -0.1) is 0 Å². The van der Waals surface area contributed by atoms with E-state index in [2.05, 4.69) is 5.32 Å². The molecule has 220 valence electrons. The maximum absolute atomic E-state index is 15.6. The fraction of sp³-hybridized carbons (Fsp3) is 0.500. The van der Waals surface area contributed by atoms with E-state index in [-0.39, 0.29) is 24.2 Å². The first-order valence-corrected chi connectivity index (χ1v) is 13.4. The number of nitrogens with zero attached hydrogens (tertiary/aromatic N) is 2. The minimum absolute atomic E-state index is 0.0240. The largest absolute Gasteiger partial charge is 0.508 e. The zero-order chi connectivity index (χ0) is 30.1. The third-order valence-electron chi connectivity index (χ3n) is 8.98. The second-order valence-electron chi connectivity index (χ2n) is 11.5. The molecule has 1 aromatic rings. The van der Waals surface area contributed by atoms with Crippen LogP contribution in [0.2, 0.25) is 0 Å². The van der Waals surface area contributed by atoms with E-state index in [0.29, 0.717) is 0 Å². The lowest BCUT2D eigenvalue weighted by Gasteiger charge is -2.51. The highest BCUT2D eigenvalue weighted by Crippen LogP contribution is 2.57. The van der Waals surface area contributed by atoms with Crippen molar-refractivity contribution in [3.8, 4) is 5.75 Å². The standard InChI is InChI=1S/C28H33FN4O8/c1-11-12-8-13-21(32(2)3)24(37)20(27(30)40)26(39)28(13,41)25(38)18(12)23(36)19-17(11)14(29)9-15(22(19)35)31-16(34)10-33-6-4-5-7-33/h9,11-13,21,35-36,39,41H,4-8,10H2,1-3H3,(H2,30,40)(H,31,34)/t11-,12-,13+,21+,28+/m1/s1. The quantitative estimate of drug-likeness (QED) is 0.216. The van der Waals surface area contributed by atoms with E-state index in [4.69, 9.17) is 5.73 Å². The first kappa shape index (κ1) is 28.7. The Balaban J connectivity index is 1.63.